The van der Waals surface area contributed by atoms with Crippen molar-refractivity contribution in [1.82, 2.24) is 19.7 Å². The van der Waals surface area contributed by atoms with E-state index in [-0.39, 0.29) is 37.6 Å². The van der Waals surface area contributed by atoms with Crippen LogP contribution in [0.5, 0.6) is 0 Å². The second-order valence-electron chi connectivity index (χ2n) is 8.18. The van der Waals surface area contributed by atoms with E-state index in [0.29, 0.717) is 24.4 Å². The van der Waals surface area contributed by atoms with Crippen LogP contribution in [-0.4, -0.2) is 38.2 Å². The van der Waals surface area contributed by atoms with Crippen molar-refractivity contribution >= 4 is 30.9 Å². The van der Waals surface area contributed by atoms with E-state index < -0.39 is 17.5 Å². The van der Waals surface area contributed by atoms with Gasteiger partial charge in [0.05, 0.1) is 18.4 Å². The molecule has 1 fully saturated rings. The number of aryl methyl sites for hydroxylation is 3. The van der Waals surface area contributed by atoms with Crippen molar-refractivity contribution in [3.63, 3.8) is 0 Å². The van der Waals surface area contributed by atoms with Gasteiger partial charge in [-0.15, -0.1) is 0 Å². The largest absolute Gasteiger partial charge is 0.343 e. The summed E-state index contributed by atoms with van der Waals surface area (Å²) >= 11 is 0. The molecule has 3 aromatic rings. The van der Waals surface area contributed by atoms with E-state index in [4.69, 9.17) is 4.98 Å². The molecule has 0 saturated carbocycles. The van der Waals surface area contributed by atoms with Crippen molar-refractivity contribution in [1.29, 1.82) is 0 Å². The average Bonchev–Trinajstić information content (AvgIpc) is 3.42. The predicted octanol–water partition coefficient (Wildman–Crippen LogP) is 3.27. The summed E-state index contributed by atoms with van der Waals surface area (Å²) in [6.45, 7) is 2.79. The van der Waals surface area contributed by atoms with Gasteiger partial charge in [0.15, 0.2) is 23.3 Å². The van der Waals surface area contributed by atoms with Crippen molar-refractivity contribution in [3.8, 4) is 0 Å². The van der Waals surface area contributed by atoms with Gasteiger partial charge in [-0.3, -0.25) is 9.48 Å². The van der Waals surface area contributed by atoms with E-state index in [1.165, 1.54) is 0 Å². The number of amides is 1. The third-order valence-electron chi connectivity index (χ3n) is 5.91. The Morgan fingerprint density at radius 3 is 2.64 bits per heavy atom. The van der Waals surface area contributed by atoms with Crippen LogP contribution in [0.25, 0.3) is 0 Å². The van der Waals surface area contributed by atoms with Crippen LogP contribution >= 0.6 is 13.5 Å². The third-order valence-corrected chi connectivity index (χ3v) is 5.91. The Balaban J connectivity index is 0.00000259. The average molecular weight is 477 g/mol. The first-order chi connectivity index (χ1) is 15.4. The number of halogens is 3. The number of benzene rings is 1. The number of nitrogens with one attached hydrogen (secondary N) is 1. The lowest BCUT2D eigenvalue weighted by molar-refractivity contribution is -0.117. The molecule has 1 amide bonds. The highest BCUT2D eigenvalue weighted by Gasteiger charge is 2.38. The first-order valence-electron chi connectivity index (χ1n) is 10.5. The summed E-state index contributed by atoms with van der Waals surface area (Å²) in [5, 5.41) is 7.17. The first kappa shape index (κ1) is 23.1. The molecule has 11 heteroatoms. The Morgan fingerprint density at radius 1 is 1.12 bits per heavy atom. The van der Waals surface area contributed by atoms with Crippen LogP contribution < -0.4 is 10.2 Å². The lowest BCUT2D eigenvalue weighted by atomic mass is 10.1. The zero-order chi connectivity index (χ0) is 22.4. The summed E-state index contributed by atoms with van der Waals surface area (Å²) in [7, 11) is 0. The maximum Gasteiger partial charge on any atom is 0.247 e. The van der Waals surface area contributed by atoms with Gasteiger partial charge in [-0.2, -0.15) is 18.6 Å². The molecule has 4 heterocycles. The SMILES string of the molecule is Cc1nc(CCc2cnn(Cc3cc(F)c(F)c(F)c3)c2)nc2c1NC(=O)[C@@H]1CCCN21.S. The van der Waals surface area contributed by atoms with Crippen molar-refractivity contribution in [2.75, 3.05) is 16.8 Å². The monoisotopic (exact) mass is 476 g/mol. The van der Waals surface area contributed by atoms with Crippen LogP contribution in [0.15, 0.2) is 24.5 Å². The normalized spacial score (nSPS) is 16.8. The molecule has 5 rings (SSSR count). The zero-order valence-corrected chi connectivity index (χ0v) is 18.9. The summed E-state index contributed by atoms with van der Waals surface area (Å²) in [5.74, 6) is -2.45. The molecule has 2 aliphatic heterocycles. The fraction of sp³-hybridized carbons (Fsp3) is 0.364. The summed E-state index contributed by atoms with van der Waals surface area (Å²) in [6, 6.07) is 1.77. The molecule has 0 aliphatic carbocycles. The Kier molecular flexibility index (Phi) is 6.33. The van der Waals surface area contributed by atoms with E-state index in [1.807, 2.05) is 6.92 Å². The molecular weight excluding hydrogens is 453 g/mol. The highest BCUT2D eigenvalue weighted by atomic mass is 32.1. The summed E-state index contributed by atoms with van der Waals surface area (Å²) in [5.41, 5.74) is 2.62. The number of rotatable bonds is 5. The van der Waals surface area contributed by atoms with Crippen LogP contribution in [0.4, 0.5) is 24.7 Å². The molecule has 0 bridgehead atoms. The van der Waals surface area contributed by atoms with E-state index >= 15 is 0 Å². The summed E-state index contributed by atoms with van der Waals surface area (Å²) in [6.07, 6.45) is 6.44. The molecule has 2 aliphatic rings. The molecule has 1 atom stereocenters. The van der Waals surface area contributed by atoms with Gasteiger partial charge in [-0.25, -0.2) is 23.1 Å². The fourth-order valence-corrected chi connectivity index (χ4v) is 4.34. The van der Waals surface area contributed by atoms with E-state index in [0.717, 1.165) is 48.6 Å². The highest BCUT2D eigenvalue weighted by Crippen LogP contribution is 2.36. The molecule has 0 spiro atoms. The molecule has 2 aromatic heterocycles. The fourth-order valence-electron chi connectivity index (χ4n) is 4.34. The van der Waals surface area contributed by atoms with Gasteiger partial charge in [0.25, 0.3) is 0 Å². The second kappa shape index (κ2) is 9.05. The number of aromatic nitrogens is 4. The van der Waals surface area contributed by atoms with E-state index in [1.54, 1.807) is 17.1 Å². The van der Waals surface area contributed by atoms with Gasteiger partial charge < -0.3 is 10.2 Å². The van der Waals surface area contributed by atoms with Crippen LogP contribution in [0.3, 0.4) is 0 Å². The van der Waals surface area contributed by atoms with E-state index in [2.05, 4.69) is 20.3 Å². The van der Waals surface area contributed by atoms with Crippen LogP contribution in [-0.2, 0) is 24.2 Å². The molecule has 174 valence electrons. The quantitative estimate of drug-likeness (QED) is 0.572. The van der Waals surface area contributed by atoms with Gasteiger partial charge in [-0.05, 0) is 49.4 Å². The van der Waals surface area contributed by atoms with E-state index in [9.17, 15) is 18.0 Å². The van der Waals surface area contributed by atoms with Gasteiger partial charge in [0.2, 0.25) is 5.91 Å². The molecule has 33 heavy (non-hydrogen) atoms. The molecule has 1 aromatic carbocycles. The minimum atomic E-state index is -1.48. The number of hydrogen-bond acceptors (Lipinski definition) is 5. The van der Waals surface area contributed by atoms with Crippen molar-refractivity contribution in [2.24, 2.45) is 0 Å². The summed E-state index contributed by atoms with van der Waals surface area (Å²) < 4.78 is 41.5. The molecule has 0 radical (unpaired) electrons. The molecule has 1 N–H and O–H groups in total. The number of hydrogen-bond donors (Lipinski definition) is 1. The number of anilines is 2. The Hall–Kier alpha value is -3.08. The molecule has 7 nitrogen and oxygen atoms in total. The van der Waals surface area contributed by atoms with Crippen LogP contribution in [0.2, 0.25) is 0 Å². The number of carbonyl (C=O) groups is 1. The topological polar surface area (TPSA) is 75.9 Å². The molecular formula is C22H23F3N6OS. The zero-order valence-electron chi connectivity index (χ0n) is 17.9. The molecule has 0 unspecified atom stereocenters. The standard InChI is InChI=1S/C22H21F3N6O.H2S/c1-12-20-21(31-6-2-3-17(31)22(32)29-20)28-18(27-12)5-4-13-9-26-30(10-13)11-14-7-15(23)19(25)16(24)8-14;/h7-10,17H,2-6,11H2,1H3,(H,29,32);1H2/t17-;/m0./s1. The summed E-state index contributed by atoms with van der Waals surface area (Å²) in [4.78, 5) is 23.6. The second-order valence-corrected chi connectivity index (χ2v) is 8.18. The van der Waals surface area contributed by atoms with Gasteiger partial charge in [0, 0.05) is 19.2 Å². The maximum absolute atomic E-state index is 13.4. The van der Waals surface area contributed by atoms with Gasteiger partial charge in [0.1, 0.15) is 17.6 Å². The van der Waals surface area contributed by atoms with Crippen molar-refractivity contribution in [2.45, 2.75) is 45.2 Å². The van der Waals surface area contributed by atoms with Crippen LogP contribution in [0.1, 0.15) is 35.5 Å². The lowest BCUT2D eigenvalue weighted by Gasteiger charge is -2.32. The smallest absolute Gasteiger partial charge is 0.247 e. The minimum Gasteiger partial charge on any atom is -0.343 e. The number of nitrogens with zero attached hydrogens (tertiary/aromatic N) is 5. The maximum atomic E-state index is 13.4. The van der Waals surface area contributed by atoms with Gasteiger partial charge >= 0.3 is 0 Å². The highest BCUT2D eigenvalue weighted by molar-refractivity contribution is 7.59. The Morgan fingerprint density at radius 2 is 1.88 bits per heavy atom. The van der Waals surface area contributed by atoms with Crippen LogP contribution in [0, 0.1) is 24.4 Å². The first-order valence-corrected chi connectivity index (χ1v) is 10.5. The Labute approximate surface area is 195 Å². The minimum absolute atomic E-state index is 0. The number of fused-ring (bicyclic) bond motifs is 3. The number of carbonyl (C=O) groups excluding carboxylic acids is 1. The lowest BCUT2D eigenvalue weighted by Crippen LogP contribution is -2.45. The van der Waals surface area contributed by atoms with Crippen molar-refractivity contribution < 1.29 is 18.0 Å². The van der Waals surface area contributed by atoms with Gasteiger partial charge in [-0.1, -0.05) is 0 Å². The molecule has 1 saturated heterocycles. The third kappa shape index (κ3) is 4.41. The Bertz CT molecular complexity index is 1190. The predicted molar refractivity (Wildman–Crippen MR) is 121 cm³/mol. The van der Waals surface area contributed by atoms with Crippen molar-refractivity contribution in [3.05, 3.63) is 64.6 Å².